The number of nitrogens with one attached hydrogen (secondary N) is 3. The van der Waals surface area contributed by atoms with E-state index in [1.165, 1.54) is 12.8 Å². The molecule has 5 heteroatoms. The Morgan fingerprint density at radius 3 is 3.19 bits per heavy atom. The number of aromatic nitrogens is 2. The highest BCUT2D eigenvalue weighted by Crippen LogP contribution is 2.07. The van der Waals surface area contributed by atoms with Gasteiger partial charge in [-0.05, 0) is 38.8 Å². The average molecular weight is 222 g/mol. The third-order valence-electron chi connectivity index (χ3n) is 2.88. The van der Waals surface area contributed by atoms with Crippen LogP contribution in [0, 0.1) is 6.92 Å². The Hall–Kier alpha value is -1.36. The molecule has 1 atom stereocenters. The minimum absolute atomic E-state index is 0.0950. The topological polar surface area (TPSA) is 69.8 Å². The van der Waals surface area contributed by atoms with E-state index in [0.717, 1.165) is 18.7 Å². The van der Waals surface area contributed by atoms with Gasteiger partial charge in [-0.25, -0.2) is 0 Å². The van der Waals surface area contributed by atoms with Crippen LogP contribution < -0.4 is 10.6 Å². The van der Waals surface area contributed by atoms with Gasteiger partial charge >= 0.3 is 0 Å². The molecule has 1 amide bonds. The van der Waals surface area contributed by atoms with Crippen molar-refractivity contribution in [3.8, 4) is 0 Å². The van der Waals surface area contributed by atoms with Crippen LogP contribution in [0.1, 0.15) is 35.4 Å². The fourth-order valence-electron chi connectivity index (χ4n) is 1.99. The molecule has 5 nitrogen and oxygen atoms in total. The largest absolute Gasteiger partial charge is 0.351 e. The van der Waals surface area contributed by atoms with Crippen LogP contribution in [0.4, 0.5) is 0 Å². The lowest BCUT2D eigenvalue weighted by molar-refractivity contribution is 0.0947. The van der Waals surface area contributed by atoms with Crippen LogP contribution in [0.25, 0.3) is 0 Å². The number of aryl methyl sites for hydroxylation is 1. The standard InChI is InChI=1S/C11H18N4O/c1-8-7-10(15-14-8)11(16)13-6-4-9-3-2-5-12-9/h7,9,12H,2-6H2,1H3,(H,13,16)(H,14,15). The molecule has 1 aromatic heterocycles. The second-order valence-electron chi connectivity index (χ2n) is 4.27. The number of aromatic amines is 1. The molecule has 0 bridgehead atoms. The van der Waals surface area contributed by atoms with E-state index in [4.69, 9.17) is 0 Å². The minimum Gasteiger partial charge on any atom is -0.351 e. The molecule has 16 heavy (non-hydrogen) atoms. The van der Waals surface area contributed by atoms with Crippen LogP contribution in [0.2, 0.25) is 0 Å². The van der Waals surface area contributed by atoms with Gasteiger partial charge in [0.2, 0.25) is 0 Å². The van der Waals surface area contributed by atoms with Crippen LogP contribution in [-0.4, -0.2) is 35.2 Å². The number of hydrogen-bond donors (Lipinski definition) is 3. The quantitative estimate of drug-likeness (QED) is 0.698. The Morgan fingerprint density at radius 2 is 2.56 bits per heavy atom. The van der Waals surface area contributed by atoms with Gasteiger partial charge in [0.25, 0.3) is 5.91 Å². The van der Waals surface area contributed by atoms with Crippen LogP contribution in [0.3, 0.4) is 0 Å². The third kappa shape index (κ3) is 2.82. The van der Waals surface area contributed by atoms with Crippen molar-refractivity contribution < 1.29 is 4.79 Å². The number of carbonyl (C=O) groups is 1. The molecule has 88 valence electrons. The third-order valence-corrected chi connectivity index (χ3v) is 2.88. The summed E-state index contributed by atoms with van der Waals surface area (Å²) >= 11 is 0. The predicted octanol–water partition coefficient (Wildman–Crippen LogP) is 0.590. The summed E-state index contributed by atoms with van der Waals surface area (Å²) < 4.78 is 0. The zero-order valence-electron chi connectivity index (χ0n) is 9.55. The SMILES string of the molecule is Cc1cc(C(=O)NCCC2CCCN2)n[nH]1. The summed E-state index contributed by atoms with van der Waals surface area (Å²) in [5, 5.41) is 13.0. The summed E-state index contributed by atoms with van der Waals surface area (Å²) in [4.78, 5) is 11.6. The van der Waals surface area contributed by atoms with Crippen molar-refractivity contribution in [2.24, 2.45) is 0 Å². The molecule has 2 heterocycles. The number of carbonyl (C=O) groups excluding carboxylic acids is 1. The maximum Gasteiger partial charge on any atom is 0.271 e. The number of amides is 1. The molecule has 3 N–H and O–H groups in total. The summed E-state index contributed by atoms with van der Waals surface area (Å²) in [6.45, 7) is 3.70. The maximum atomic E-state index is 11.6. The first-order valence-electron chi connectivity index (χ1n) is 5.79. The Labute approximate surface area is 95.0 Å². The van der Waals surface area contributed by atoms with E-state index < -0.39 is 0 Å². The lowest BCUT2D eigenvalue weighted by Gasteiger charge is -2.09. The van der Waals surface area contributed by atoms with Crippen molar-refractivity contribution >= 4 is 5.91 Å². The summed E-state index contributed by atoms with van der Waals surface area (Å²) in [7, 11) is 0. The molecular formula is C11H18N4O. The molecule has 2 rings (SSSR count). The summed E-state index contributed by atoms with van der Waals surface area (Å²) in [6, 6.07) is 2.32. The smallest absolute Gasteiger partial charge is 0.271 e. The van der Waals surface area contributed by atoms with E-state index in [1.54, 1.807) is 6.07 Å². The molecule has 0 saturated carbocycles. The molecule has 1 unspecified atom stereocenters. The second kappa shape index (κ2) is 5.12. The van der Waals surface area contributed by atoms with E-state index in [0.29, 0.717) is 18.3 Å². The van der Waals surface area contributed by atoms with Gasteiger partial charge in [0.1, 0.15) is 5.69 Å². The monoisotopic (exact) mass is 222 g/mol. The van der Waals surface area contributed by atoms with Crippen LogP contribution in [0.5, 0.6) is 0 Å². The van der Waals surface area contributed by atoms with Crippen molar-refractivity contribution in [1.29, 1.82) is 0 Å². The number of nitrogens with zero attached hydrogens (tertiary/aromatic N) is 1. The van der Waals surface area contributed by atoms with Crippen molar-refractivity contribution in [2.45, 2.75) is 32.2 Å². The molecule has 1 aliphatic heterocycles. The van der Waals surface area contributed by atoms with Gasteiger partial charge < -0.3 is 10.6 Å². The first-order chi connectivity index (χ1) is 7.75. The molecule has 1 fully saturated rings. The van der Waals surface area contributed by atoms with E-state index in [-0.39, 0.29) is 5.91 Å². The van der Waals surface area contributed by atoms with Crippen LogP contribution in [0.15, 0.2) is 6.07 Å². The van der Waals surface area contributed by atoms with E-state index in [2.05, 4.69) is 20.8 Å². The average Bonchev–Trinajstić information content (AvgIpc) is 2.89. The highest BCUT2D eigenvalue weighted by molar-refractivity contribution is 5.92. The molecule has 0 aromatic carbocycles. The molecular weight excluding hydrogens is 204 g/mol. The molecule has 0 aliphatic carbocycles. The van der Waals surface area contributed by atoms with Crippen LogP contribution in [-0.2, 0) is 0 Å². The predicted molar refractivity (Wildman–Crippen MR) is 61.3 cm³/mol. The zero-order chi connectivity index (χ0) is 11.4. The second-order valence-corrected chi connectivity index (χ2v) is 4.27. The van der Waals surface area contributed by atoms with E-state index >= 15 is 0 Å². The molecule has 1 aliphatic rings. The van der Waals surface area contributed by atoms with Crippen molar-refractivity contribution in [2.75, 3.05) is 13.1 Å². The normalized spacial score (nSPS) is 19.9. The Kier molecular flexibility index (Phi) is 3.56. The Morgan fingerprint density at radius 1 is 1.69 bits per heavy atom. The minimum atomic E-state index is -0.0950. The maximum absolute atomic E-state index is 11.6. The van der Waals surface area contributed by atoms with E-state index in [9.17, 15) is 4.79 Å². The summed E-state index contributed by atoms with van der Waals surface area (Å²) in [5.74, 6) is -0.0950. The van der Waals surface area contributed by atoms with Gasteiger partial charge in [-0.3, -0.25) is 9.89 Å². The molecule has 0 radical (unpaired) electrons. The van der Waals surface area contributed by atoms with E-state index in [1.807, 2.05) is 6.92 Å². The Balaban J connectivity index is 1.71. The first kappa shape index (κ1) is 11.1. The van der Waals surface area contributed by atoms with Gasteiger partial charge in [0, 0.05) is 18.3 Å². The van der Waals surface area contributed by atoms with Gasteiger partial charge in [0.15, 0.2) is 0 Å². The fraction of sp³-hybridized carbons (Fsp3) is 0.636. The number of rotatable bonds is 4. The number of hydrogen-bond acceptors (Lipinski definition) is 3. The van der Waals surface area contributed by atoms with Crippen molar-refractivity contribution in [3.05, 3.63) is 17.5 Å². The molecule has 1 saturated heterocycles. The van der Waals surface area contributed by atoms with Crippen LogP contribution >= 0.6 is 0 Å². The lowest BCUT2D eigenvalue weighted by Crippen LogP contribution is -2.30. The highest BCUT2D eigenvalue weighted by atomic mass is 16.1. The van der Waals surface area contributed by atoms with Gasteiger partial charge in [-0.1, -0.05) is 0 Å². The highest BCUT2D eigenvalue weighted by Gasteiger charge is 2.14. The summed E-state index contributed by atoms with van der Waals surface area (Å²) in [6.07, 6.45) is 3.46. The lowest BCUT2D eigenvalue weighted by atomic mass is 10.1. The molecule has 1 aromatic rings. The Bertz CT molecular complexity index is 355. The zero-order valence-corrected chi connectivity index (χ0v) is 9.55. The van der Waals surface area contributed by atoms with Gasteiger partial charge in [0.05, 0.1) is 0 Å². The van der Waals surface area contributed by atoms with Gasteiger partial charge in [-0.2, -0.15) is 5.10 Å². The molecule has 0 spiro atoms. The van der Waals surface area contributed by atoms with Crippen molar-refractivity contribution in [1.82, 2.24) is 20.8 Å². The fourth-order valence-corrected chi connectivity index (χ4v) is 1.99. The van der Waals surface area contributed by atoms with Crippen molar-refractivity contribution in [3.63, 3.8) is 0 Å². The summed E-state index contributed by atoms with van der Waals surface area (Å²) in [5.41, 5.74) is 1.37. The van der Waals surface area contributed by atoms with Gasteiger partial charge in [-0.15, -0.1) is 0 Å². The first-order valence-corrected chi connectivity index (χ1v) is 5.79. The number of H-pyrrole nitrogens is 1.